The van der Waals surface area contributed by atoms with Crippen molar-refractivity contribution in [2.45, 2.75) is 42.2 Å². The molecule has 2 aliphatic heterocycles. The molecule has 0 radical (unpaired) electrons. The van der Waals surface area contributed by atoms with Gasteiger partial charge in [-0.05, 0) is 78.6 Å². The zero-order chi connectivity index (χ0) is 28.6. The number of hydrogen-bond donors (Lipinski definition) is 2. The van der Waals surface area contributed by atoms with E-state index >= 15 is 0 Å². The second-order valence-corrected chi connectivity index (χ2v) is 12.7. The summed E-state index contributed by atoms with van der Waals surface area (Å²) in [5.41, 5.74) is 12.6. The molecule has 0 atom stereocenters. The molecule has 0 amide bonds. The Kier molecular flexibility index (Phi) is 6.81. The standard InChI is InChI=1S/C38H32N4S/c1-4-10-25(11-5-1)36-30-18-16-27(39-30)24-28-17-19-31(40-28)37(26-12-6-2-7-13-26)33-21-23-35(42-33)38(34-22-20-32(36)41-34)43-29-14-8-3-9-15-29/h1-2,4-7,10-13,16-24,29,39-40H,3,8-9,14-15H2. The van der Waals surface area contributed by atoms with Crippen molar-refractivity contribution in [3.8, 4) is 22.3 Å². The highest BCUT2D eigenvalue weighted by Gasteiger charge is 2.22. The molecular formula is C38H32N4S. The molecule has 8 rings (SSSR count). The van der Waals surface area contributed by atoms with Crippen LogP contribution in [-0.4, -0.2) is 25.2 Å². The lowest BCUT2D eigenvalue weighted by Gasteiger charge is -2.21. The van der Waals surface area contributed by atoms with Crippen molar-refractivity contribution in [3.63, 3.8) is 0 Å². The Balaban J connectivity index is 1.47. The maximum atomic E-state index is 5.32. The van der Waals surface area contributed by atoms with E-state index in [4.69, 9.17) is 9.97 Å². The second kappa shape index (κ2) is 11.2. The number of aromatic amines is 2. The molecule has 5 heteroatoms. The molecule has 2 N–H and O–H groups in total. The van der Waals surface area contributed by atoms with Crippen molar-refractivity contribution in [3.05, 3.63) is 114 Å². The molecule has 1 saturated carbocycles. The molecule has 5 aromatic rings. The zero-order valence-corrected chi connectivity index (χ0v) is 24.7. The average Bonchev–Trinajstić information content (AvgIpc) is 3.88. The Morgan fingerprint density at radius 1 is 0.535 bits per heavy atom. The third kappa shape index (κ3) is 5.15. The van der Waals surface area contributed by atoms with Crippen molar-refractivity contribution in [1.29, 1.82) is 0 Å². The van der Waals surface area contributed by atoms with Crippen molar-refractivity contribution in [2.75, 3.05) is 0 Å². The first kappa shape index (κ1) is 26.1. The lowest BCUT2D eigenvalue weighted by atomic mass is 10.0. The third-order valence-electron chi connectivity index (χ3n) is 8.49. The van der Waals surface area contributed by atoms with Crippen LogP contribution in [0.25, 0.3) is 68.6 Å². The zero-order valence-electron chi connectivity index (χ0n) is 23.9. The number of nitrogens with one attached hydrogen (secondary N) is 2. The van der Waals surface area contributed by atoms with E-state index < -0.39 is 0 Å². The Labute approximate surface area is 255 Å². The van der Waals surface area contributed by atoms with Crippen molar-refractivity contribution < 1.29 is 0 Å². The van der Waals surface area contributed by atoms with Gasteiger partial charge in [0.2, 0.25) is 0 Å². The summed E-state index contributed by atoms with van der Waals surface area (Å²) in [5, 5.41) is 0.581. The maximum Gasteiger partial charge on any atom is 0.0795 e. The van der Waals surface area contributed by atoms with Crippen LogP contribution in [0.3, 0.4) is 0 Å². The van der Waals surface area contributed by atoms with Gasteiger partial charge in [0.1, 0.15) is 0 Å². The molecule has 8 bridgehead atoms. The third-order valence-corrected chi connectivity index (χ3v) is 9.94. The molecule has 1 fully saturated rings. The van der Waals surface area contributed by atoms with Gasteiger partial charge in [-0.15, -0.1) is 11.8 Å². The predicted octanol–water partition coefficient (Wildman–Crippen LogP) is 10.4. The fourth-order valence-electron chi connectivity index (χ4n) is 6.40. The number of benzene rings is 2. The minimum absolute atomic E-state index is 0.581. The number of fused-ring (bicyclic) bond motifs is 8. The number of thioether (sulfide) groups is 1. The Morgan fingerprint density at radius 3 is 1.53 bits per heavy atom. The molecule has 0 saturated heterocycles. The second-order valence-electron chi connectivity index (χ2n) is 11.4. The normalized spacial score (nSPS) is 14.8. The van der Waals surface area contributed by atoms with E-state index in [1.165, 1.54) is 37.0 Å². The molecule has 5 heterocycles. The SMILES string of the molecule is C1=Cc2nc1c(SC1CCCCC1)c1nc(c(-c3ccccc3)c3ccc(cc4ccc([nH]4)c2-c2ccccc2)[nH]3)C=C1. The number of nitrogens with zero attached hydrogens (tertiary/aromatic N) is 2. The van der Waals surface area contributed by atoms with Crippen LogP contribution in [0.15, 0.2) is 95.9 Å². The first-order chi connectivity index (χ1) is 21.3. The highest BCUT2D eigenvalue weighted by atomic mass is 32.2. The van der Waals surface area contributed by atoms with E-state index in [-0.39, 0.29) is 0 Å². The first-order valence-electron chi connectivity index (χ1n) is 15.2. The van der Waals surface area contributed by atoms with Crippen molar-refractivity contribution in [2.24, 2.45) is 0 Å². The van der Waals surface area contributed by atoms with Gasteiger partial charge in [0.05, 0.1) is 27.7 Å². The largest absolute Gasteiger partial charge is 0.355 e. The van der Waals surface area contributed by atoms with Crippen LogP contribution in [0.5, 0.6) is 0 Å². The van der Waals surface area contributed by atoms with Gasteiger partial charge >= 0.3 is 0 Å². The molecule has 0 spiro atoms. The summed E-state index contributed by atoms with van der Waals surface area (Å²) in [4.78, 5) is 19.2. The molecule has 0 unspecified atom stereocenters. The molecule has 4 nitrogen and oxygen atoms in total. The van der Waals surface area contributed by atoms with Gasteiger partial charge in [-0.2, -0.15) is 0 Å². The fraction of sp³-hybridized carbons (Fsp3) is 0.158. The van der Waals surface area contributed by atoms with Crippen molar-refractivity contribution in [1.82, 2.24) is 19.9 Å². The topological polar surface area (TPSA) is 57.4 Å². The predicted molar refractivity (Wildman–Crippen MR) is 182 cm³/mol. The molecule has 3 aliphatic rings. The average molecular weight is 577 g/mol. The molecule has 1 aliphatic carbocycles. The monoisotopic (exact) mass is 576 g/mol. The van der Waals surface area contributed by atoms with E-state index in [1.54, 1.807) is 0 Å². The number of hydrogen-bond acceptors (Lipinski definition) is 3. The van der Waals surface area contributed by atoms with Crippen LogP contribution in [-0.2, 0) is 0 Å². The molecule has 210 valence electrons. The molecular weight excluding hydrogens is 545 g/mol. The van der Waals surface area contributed by atoms with Crippen molar-refractivity contribution >= 4 is 58.1 Å². The summed E-state index contributed by atoms with van der Waals surface area (Å²) >= 11 is 1.97. The van der Waals surface area contributed by atoms with E-state index in [1.807, 2.05) is 11.8 Å². The van der Waals surface area contributed by atoms with Gasteiger partial charge < -0.3 is 9.97 Å². The summed E-state index contributed by atoms with van der Waals surface area (Å²) < 4.78 is 0. The van der Waals surface area contributed by atoms with Crippen LogP contribution < -0.4 is 0 Å². The van der Waals surface area contributed by atoms with Gasteiger partial charge in [-0.25, -0.2) is 9.97 Å². The minimum atomic E-state index is 0.581. The number of rotatable bonds is 4. The van der Waals surface area contributed by atoms with E-state index in [2.05, 4.69) is 125 Å². The summed E-state index contributed by atoms with van der Waals surface area (Å²) in [6.45, 7) is 0. The van der Waals surface area contributed by atoms with E-state index in [0.29, 0.717) is 5.25 Å². The summed E-state index contributed by atoms with van der Waals surface area (Å²) in [6.07, 6.45) is 15.1. The highest BCUT2D eigenvalue weighted by molar-refractivity contribution is 8.00. The quantitative estimate of drug-likeness (QED) is 0.219. The van der Waals surface area contributed by atoms with E-state index in [9.17, 15) is 0 Å². The summed E-state index contributed by atoms with van der Waals surface area (Å²) in [7, 11) is 0. The lowest BCUT2D eigenvalue weighted by molar-refractivity contribution is 0.516. The Morgan fingerprint density at radius 2 is 1.02 bits per heavy atom. The van der Waals surface area contributed by atoms with Crippen LogP contribution in [0.4, 0.5) is 0 Å². The summed E-state index contributed by atoms with van der Waals surface area (Å²) in [6, 6.07) is 31.9. The molecule has 2 aromatic carbocycles. The van der Waals surface area contributed by atoms with E-state index in [0.717, 1.165) is 67.1 Å². The van der Waals surface area contributed by atoms with Gasteiger partial charge in [0, 0.05) is 38.4 Å². The summed E-state index contributed by atoms with van der Waals surface area (Å²) in [5.74, 6) is 0. The van der Waals surface area contributed by atoms with Crippen LogP contribution in [0, 0.1) is 0 Å². The molecule has 3 aromatic heterocycles. The Hall–Kier alpha value is -4.61. The van der Waals surface area contributed by atoms with Gasteiger partial charge in [-0.1, -0.05) is 79.9 Å². The van der Waals surface area contributed by atoms with Crippen LogP contribution in [0.2, 0.25) is 0 Å². The highest BCUT2D eigenvalue weighted by Crippen LogP contribution is 2.40. The maximum absolute atomic E-state index is 5.32. The number of aromatic nitrogens is 4. The van der Waals surface area contributed by atoms with Crippen LogP contribution in [0.1, 0.15) is 54.9 Å². The first-order valence-corrected chi connectivity index (χ1v) is 16.1. The molecule has 43 heavy (non-hydrogen) atoms. The minimum Gasteiger partial charge on any atom is -0.355 e. The number of H-pyrrole nitrogens is 2. The smallest absolute Gasteiger partial charge is 0.0795 e. The van der Waals surface area contributed by atoms with Crippen LogP contribution >= 0.6 is 11.8 Å². The lowest BCUT2D eigenvalue weighted by Crippen LogP contribution is -2.08. The Bertz CT molecular complexity index is 1890. The fourth-order valence-corrected chi connectivity index (χ4v) is 7.77. The van der Waals surface area contributed by atoms with Gasteiger partial charge in [0.25, 0.3) is 0 Å². The van der Waals surface area contributed by atoms with Gasteiger partial charge in [0.15, 0.2) is 0 Å². The van der Waals surface area contributed by atoms with Gasteiger partial charge in [-0.3, -0.25) is 0 Å².